The second-order valence-electron chi connectivity index (χ2n) is 6.45. The zero-order valence-electron chi connectivity index (χ0n) is 16.8. The van der Waals surface area contributed by atoms with Crippen LogP contribution in [-0.2, 0) is 10.0 Å². The predicted molar refractivity (Wildman–Crippen MR) is 124 cm³/mol. The van der Waals surface area contributed by atoms with E-state index >= 15 is 0 Å². The largest absolute Gasteiger partial charge is 0.497 e. The fraction of sp³-hybridized carbons (Fsp3) is 0.136. The van der Waals surface area contributed by atoms with Crippen molar-refractivity contribution in [3.05, 3.63) is 82.3 Å². The Morgan fingerprint density at radius 3 is 2.23 bits per heavy atom. The molecule has 1 amide bonds. The number of halogens is 2. The van der Waals surface area contributed by atoms with Crippen LogP contribution in [0.4, 0.5) is 11.4 Å². The number of amides is 1. The summed E-state index contributed by atoms with van der Waals surface area (Å²) in [5, 5.41) is 2.66. The van der Waals surface area contributed by atoms with Crippen LogP contribution in [-0.4, -0.2) is 28.0 Å². The molecule has 0 atom stereocenters. The maximum absolute atomic E-state index is 13.4. The van der Waals surface area contributed by atoms with Crippen LogP contribution in [0.5, 0.6) is 5.75 Å². The maximum atomic E-state index is 13.4. The number of rotatable bonds is 7. The van der Waals surface area contributed by atoms with E-state index in [4.69, 9.17) is 27.9 Å². The molecule has 6 nitrogen and oxygen atoms in total. The van der Waals surface area contributed by atoms with Gasteiger partial charge in [0.25, 0.3) is 15.9 Å². The Labute approximate surface area is 191 Å². The van der Waals surface area contributed by atoms with Gasteiger partial charge in [0.1, 0.15) is 10.6 Å². The Morgan fingerprint density at radius 2 is 1.65 bits per heavy atom. The monoisotopic (exact) mass is 478 g/mol. The van der Waals surface area contributed by atoms with Gasteiger partial charge in [-0.05, 0) is 55.5 Å². The van der Waals surface area contributed by atoms with Gasteiger partial charge in [-0.1, -0.05) is 41.4 Å². The van der Waals surface area contributed by atoms with E-state index in [1.807, 2.05) is 0 Å². The lowest BCUT2D eigenvalue weighted by Crippen LogP contribution is -2.31. The molecule has 0 fully saturated rings. The highest BCUT2D eigenvalue weighted by Crippen LogP contribution is 2.33. The number of nitrogens with zero attached hydrogens (tertiary/aromatic N) is 1. The molecular formula is C22H20Cl2N2O4S. The van der Waals surface area contributed by atoms with Crippen molar-refractivity contribution in [2.45, 2.75) is 11.8 Å². The van der Waals surface area contributed by atoms with Gasteiger partial charge in [-0.25, -0.2) is 8.42 Å². The van der Waals surface area contributed by atoms with Gasteiger partial charge < -0.3 is 10.1 Å². The number of nitrogens with one attached hydrogen (secondary N) is 1. The SMILES string of the molecule is CCN(c1ccccc1)S(=O)(=O)c1cc(C(=O)Nc2ccc(OC)cc2)c(Cl)cc1Cl. The summed E-state index contributed by atoms with van der Waals surface area (Å²) >= 11 is 12.5. The van der Waals surface area contributed by atoms with E-state index in [9.17, 15) is 13.2 Å². The smallest absolute Gasteiger partial charge is 0.265 e. The number of hydrogen-bond donors (Lipinski definition) is 1. The fourth-order valence-electron chi connectivity index (χ4n) is 2.98. The quantitative estimate of drug-likeness (QED) is 0.488. The lowest BCUT2D eigenvalue weighted by atomic mass is 10.2. The molecule has 0 spiro atoms. The maximum Gasteiger partial charge on any atom is 0.265 e. The summed E-state index contributed by atoms with van der Waals surface area (Å²) in [4.78, 5) is 12.6. The third kappa shape index (κ3) is 4.95. The summed E-state index contributed by atoms with van der Waals surface area (Å²) in [5.74, 6) is 0.0718. The zero-order valence-corrected chi connectivity index (χ0v) is 19.1. The molecule has 0 aromatic heterocycles. The highest BCUT2D eigenvalue weighted by atomic mass is 35.5. The van der Waals surface area contributed by atoms with Crippen LogP contribution in [0.3, 0.4) is 0 Å². The minimum atomic E-state index is -4.04. The normalized spacial score (nSPS) is 11.1. The highest BCUT2D eigenvalue weighted by molar-refractivity contribution is 7.93. The highest BCUT2D eigenvalue weighted by Gasteiger charge is 2.28. The first kappa shape index (κ1) is 22.9. The Kier molecular flexibility index (Phi) is 7.10. The molecule has 31 heavy (non-hydrogen) atoms. The molecular weight excluding hydrogens is 459 g/mol. The second kappa shape index (κ2) is 9.60. The number of benzene rings is 3. The van der Waals surface area contributed by atoms with Gasteiger partial charge in [0.2, 0.25) is 0 Å². The summed E-state index contributed by atoms with van der Waals surface area (Å²) in [6, 6.07) is 17.8. The molecule has 0 aliphatic heterocycles. The number of hydrogen-bond acceptors (Lipinski definition) is 4. The first-order valence-corrected chi connectivity index (χ1v) is 11.5. The lowest BCUT2D eigenvalue weighted by Gasteiger charge is -2.24. The number of methoxy groups -OCH3 is 1. The van der Waals surface area contributed by atoms with Crippen LogP contribution in [0.15, 0.2) is 71.6 Å². The molecule has 0 saturated carbocycles. The molecule has 9 heteroatoms. The molecule has 0 aliphatic carbocycles. The van der Waals surface area contributed by atoms with Crippen molar-refractivity contribution < 1.29 is 17.9 Å². The van der Waals surface area contributed by atoms with Gasteiger partial charge in [0, 0.05) is 12.2 Å². The Bertz CT molecular complexity index is 1180. The van der Waals surface area contributed by atoms with E-state index < -0.39 is 15.9 Å². The molecule has 0 saturated heterocycles. The van der Waals surface area contributed by atoms with Gasteiger partial charge in [0.05, 0.1) is 28.4 Å². The summed E-state index contributed by atoms with van der Waals surface area (Å²) < 4.78 is 33.0. The van der Waals surface area contributed by atoms with Gasteiger partial charge in [-0.3, -0.25) is 9.10 Å². The second-order valence-corrected chi connectivity index (χ2v) is 9.10. The molecule has 0 unspecified atom stereocenters. The third-order valence-electron chi connectivity index (χ3n) is 4.51. The van der Waals surface area contributed by atoms with Gasteiger partial charge in [-0.15, -0.1) is 0 Å². The Balaban J connectivity index is 1.98. The van der Waals surface area contributed by atoms with Crippen molar-refractivity contribution >= 4 is 50.5 Å². The van der Waals surface area contributed by atoms with Crippen molar-refractivity contribution in [2.75, 3.05) is 23.3 Å². The number of carbonyl (C=O) groups excluding carboxylic acids is 1. The van der Waals surface area contributed by atoms with Crippen molar-refractivity contribution in [3.63, 3.8) is 0 Å². The molecule has 0 radical (unpaired) electrons. The fourth-order valence-corrected chi connectivity index (χ4v) is 5.29. The van der Waals surface area contributed by atoms with Crippen LogP contribution >= 0.6 is 23.2 Å². The van der Waals surface area contributed by atoms with Crippen LogP contribution < -0.4 is 14.4 Å². The minimum Gasteiger partial charge on any atom is -0.497 e. The summed E-state index contributed by atoms with van der Waals surface area (Å²) in [7, 11) is -2.50. The number of carbonyl (C=O) groups is 1. The van der Waals surface area contributed by atoms with Crippen LogP contribution in [0.1, 0.15) is 17.3 Å². The first-order valence-electron chi connectivity index (χ1n) is 9.30. The molecule has 1 N–H and O–H groups in total. The van der Waals surface area contributed by atoms with Crippen molar-refractivity contribution in [1.82, 2.24) is 0 Å². The van der Waals surface area contributed by atoms with E-state index in [0.717, 1.165) is 0 Å². The van der Waals surface area contributed by atoms with E-state index in [0.29, 0.717) is 17.1 Å². The molecule has 162 valence electrons. The van der Waals surface area contributed by atoms with Crippen LogP contribution in [0.25, 0.3) is 0 Å². The van der Waals surface area contributed by atoms with Crippen molar-refractivity contribution in [3.8, 4) is 5.75 Å². The van der Waals surface area contributed by atoms with Gasteiger partial charge in [0.15, 0.2) is 0 Å². The van der Waals surface area contributed by atoms with Crippen molar-refractivity contribution in [1.29, 1.82) is 0 Å². The van der Waals surface area contributed by atoms with Crippen LogP contribution in [0.2, 0.25) is 10.0 Å². The number of para-hydroxylation sites is 1. The third-order valence-corrected chi connectivity index (χ3v) is 7.19. The van der Waals surface area contributed by atoms with Crippen molar-refractivity contribution in [2.24, 2.45) is 0 Å². The average molecular weight is 479 g/mol. The molecule has 0 bridgehead atoms. The standard InChI is InChI=1S/C22H20Cl2N2O4S/c1-3-26(16-7-5-4-6-8-16)31(28,29)21-13-18(19(23)14-20(21)24)22(27)25-15-9-11-17(30-2)12-10-15/h4-14H,3H2,1-2H3,(H,25,27). The van der Waals surface area contributed by atoms with Crippen LogP contribution in [0, 0.1) is 0 Å². The average Bonchev–Trinajstić information content (AvgIpc) is 2.75. The summed E-state index contributed by atoms with van der Waals surface area (Å²) in [6.07, 6.45) is 0. The Hall–Kier alpha value is -2.74. The summed E-state index contributed by atoms with van der Waals surface area (Å²) in [6.45, 7) is 1.89. The van der Waals surface area contributed by atoms with Gasteiger partial charge >= 0.3 is 0 Å². The number of ether oxygens (including phenoxy) is 1. The summed E-state index contributed by atoms with van der Waals surface area (Å²) in [5.41, 5.74) is 0.977. The first-order chi connectivity index (χ1) is 14.8. The van der Waals surface area contributed by atoms with Gasteiger partial charge in [-0.2, -0.15) is 0 Å². The zero-order chi connectivity index (χ0) is 22.6. The molecule has 3 aromatic carbocycles. The predicted octanol–water partition coefficient (Wildman–Crippen LogP) is 5.47. The van der Waals surface area contributed by atoms with E-state index in [1.165, 1.54) is 23.5 Å². The molecule has 0 aliphatic rings. The topological polar surface area (TPSA) is 75.7 Å². The minimum absolute atomic E-state index is 0.00965. The van der Waals surface area contributed by atoms with E-state index in [-0.39, 0.29) is 27.0 Å². The van der Waals surface area contributed by atoms with E-state index in [1.54, 1.807) is 61.5 Å². The molecule has 3 rings (SSSR count). The number of sulfonamides is 1. The number of anilines is 2. The lowest BCUT2D eigenvalue weighted by molar-refractivity contribution is 0.102. The van der Waals surface area contributed by atoms with E-state index in [2.05, 4.69) is 5.32 Å². The molecule has 0 heterocycles. The Morgan fingerprint density at radius 1 is 1.00 bits per heavy atom. The molecule has 3 aromatic rings.